The van der Waals surface area contributed by atoms with Gasteiger partial charge in [-0.3, -0.25) is 4.79 Å². The quantitative estimate of drug-likeness (QED) is 0.202. The van der Waals surface area contributed by atoms with E-state index in [2.05, 4.69) is 0 Å². The molecule has 3 aromatic carbocycles. The van der Waals surface area contributed by atoms with Crippen molar-refractivity contribution in [2.75, 3.05) is 34.0 Å². The van der Waals surface area contributed by atoms with Crippen LogP contribution in [0.3, 0.4) is 0 Å². The molecule has 0 fully saturated rings. The standard InChI is InChI=1S/C34H44O8/c1-33(2,3)32(36)41-25-34(42-23-26-9-7-6-8-10-26,24-39-21-27-11-15-29(37-4)16-12-27)31(19-20-35)40-22-28-13-17-30(38-5)18-14-28/h6-18,31,35H,19-25H2,1-5H3/t31-,34-/m1/s1. The van der Waals surface area contributed by atoms with Crippen molar-refractivity contribution in [1.29, 1.82) is 0 Å². The summed E-state index contributed by atoms with van der Waals surface area (Å²) in [6.07, 6.45) is -0.430. The topological polar surface area (TPSA) is 92.7 Å². The fraction of sp³-hybridized carbons (Fsp3) is 0.441. The van der Waals surface area contributed by atoms with Crippen molar-refractivity contribution >= 4 is 5.97 Å². The van der Waals surface area contributed by atoms with E-state index in [0.29, 0.717) is 0 Å². The molecule has 0 aliphatic heterocycles. The first-order valence-corrected chi connectivity index (χ1v) is 14.1. The Labute approximate surface area is 249 Å². The number of carbonyl (C=O) groups excluding carboxylic acids is 1. The van der Waals surface area contributed by atoms with E-state index in [1.54, 1.807) is 35.0 Å². The molecule has 0 aromatic heterocycles. The lowest BCUT2D eigenvalue weighted by molar-refractivity contribution is -0.217. The SMILES string of the molecule is COc1ccc(COC[C@](COC(=O)C(C)(C)C)(OCc2ccccc2)[C@@H](CCO)OCc2ccc(OC)cc2)cc1. The van der Waals surface area contributed by atoms with Crippen molar-refractivity contribution in [3.8, 4) is 11.5 Å². The van der Waals surface area contributed by atoms with E-state index in [1.807, 2.05) is 78.9 Å². The molecule has 8 nitrogen and oxygen atoms in total. The number of aliphatic hydroxyl groups is 1. The van der Waals surface area contributed by atoms with E-state index in [0.717, 1.165) is 28.2 Å². The second-order valence-corrected chi connectivity index (χ2v) is 11.2. The normalized spacial score (nSPS) is 13.7. The van der Waals surface area contributed by atoms with Crippen molar-refractivity contribution in [3.05, 3.63) is 95.6 Å². The van der Waals surface area contributed by atoms with Gasteiger partial charge in [0.25, 0.3) is 0 Å². The van der Waals surface area contributed by atoms with Crippen LogP contribution in [0.15, 0.2) is 78.9 Å². The molecule has 3 rings (SSSR count). The Morgan fingerprint density at radius 1 is 0.738 bits per heavy atom. The summed E-state index contributed by atoms with van der Waals surface area (Å²) < 4.78 is 35.7. The third kappa shape index (κ3) is 10.1. The highest BCUT2D eigenvalue weighted by molar-refractivity contribution is 5.75. The van der Waals surface area contributed by atoms with Gasteiger partial charge in [-0.25, -0.2) is 0 Å². The summed E-state index contributed by atoms with van der Waals surface area (Å²) in [7, 11) is 3.24. The Kier molecular flexibility index (Phi) is 12.8. The zero-order valence-electron chi connectivity index (χ0n) is 25.3. The molecule has 228 valence electrons. The number of aliphatic hydroxyl groups excluding tert-OH is 1. The molecule has 0 aliphatic carbocycles. The van der Waals surface area contributed by atoms with Gasteiger partial charge in [0.05, 0.1) is 52.2 Å². The van der Waals surface area contributed by atoms with Crippen molar-refractivity contribution in [2.45, 2.75) is 58.7 Å². The van der Waals surface area contributed by atoms with Crippen molar-refractivity contribution < 1.29 is 38.3 Å². The molecular weight excluding hydrogens is 536 g/mol. The summed E-state index contributed by atoms with van der Waals surface area (Å²) >= 11 is 0. The monoisotopic (exact) mass is 580 g/mol. The Bertz CT molecular complexity index is 1190. The molecule has 1 N–H and O–H groups in total. The Morgan fingerprint density at radius 3 is 1.81 bits per heavy atom. The van der Waals surface area contributed by atoms with Crippen LogP contribution in [0.25, 0.3) is 0 Å². The van der Waals surface area contributed by atoms with E-state index >= 15 is 0 Å². The molecule has 0 radical (unpaired) electrons. The summed E-state index contributed by atoms with van der Waals surface area (Å²) in [6, 6.07) is 24.9. The number of benzene rings is 3. The second kappa shape index (κ2) is 16.3. The first-order chi connectivity index (χ1) is 20.2. The lowest BCUT2D eigenvalue weighted by Crippen LogP contribution is -2.54. The smallest absolute Gasteiger partial charge is 0.311 e. The number of hydrogen-bond donors (Lipinski definition) is 1. The lowest BCUT2D eigenvalue weighted by Gasteiger charge is -2.40. The third-order valence-electron chi connectivity index (χ3n) is 6.79. The maximum Gasteiger partial charge on any atom is 0.311 e. The predicted octanol–water partition coefficient (Wildman–Crippen LogP) is 5.73. The van der Waals surface area contributed by atoms with Crippen LogP contribution in [0.1, 0.15) is 43.9 Å². The first kappa shape index (κ1) is 33.1. The van der Waals surface area contributed by atoms with Gasteiger partial charge in [0.15, 0.2) is 5.60 Å². The van der Waals surface area contributed by atoms with Gasteiger partial charge < -0.3 is 33.5 Å². The molecule has 0 heterocycles. The summed E-state index contributed by atoms with van der Waals surface area (Å²) in [6.45, 7) is 5.94. The average molecular weight is 581 g/mol. The predicted molar refractivity (Wildman–Crippen MR) is 160 cm³/mol. The Balaban J connectivity index is 1.91. The summed E-state index contributed by atoms with van der Waals surface area (Å²) in [5, 5.41) is 10.1. The molecule has 8 heteroatoms. The summed E-state index contributed by atoms with van der Waals surface area (Å²) in [4.78, 5) is 12.9. The number of rotatable bonds is 17. The molecule has 42 heavy (non-hydrogen) atoms. The van der Waals surface area contributed by atoms with E-state index in [4.69, 9.17) is 28.4 Å². The minimum Gasteiger partial charge on any atom is -0.497 e. The van der Waals surface area contributed by atoms with E-state index in [1.165, 1.54) is 0 Å². The van der Waals surface area contributed by atoms with Crippen molar-refractivity contribution in [3.63, 3.8) is 0 Å². The highest BCUT2D eigenvalue weighted by atomic mass is 16.6. The number of hydrogen-bond acceptors (Lipinski definition) is 8. The zero-order chi connectivity index (χ0) is 30.4. The molecule has 3 aromatic rings. The third-order valence-corrected chi connectivity index (χ3v) is 6.79. The fourth-order valence-electron chi connectivity index (χ4n) is 4.21. The number of carbonyl (C=O) groups is 1. The molecule has 0 aliphatic rings. The molecule has 0 amide bonds. The maximum atomic E-state index is 12.9. The molecule has 0 bridgehead atoms. The van der Waals surface area contributed by atoms with Crippen LogP contribution in [-0.4, -0.2) is 56.8 Å². The molecule has 0 saturated heterocycles. The van der Waals surface area contributed by atoms with Crippen LogP contribution >= 0.6 is 0 Å². The second-order valence-electron chi connectivity index (χ2n) is 11.2. The highest BCUT2D eigenvalue weighted by Gasteiger charge is 2.44. The van der Waals surface area contributed by atoms with Gasteiger partial charge in [-0.15, -0.1) is 0 Å². The van der Waals surface area contributed by atoms with Gasteiger partial charge in [0.1, 0.15) is 18.1 Å². The van der Waals surface area contributed by atoms with Crippen molar-refractivity contribution in [1.82, 2.24) is 0 Å². The molecule has 0 saturated carbocycles. The van der Waals surface area contributed by atoms with E-state index in [9.17, 15) is 9.90 Å². The Hall–Kier alpha value is -3.43. The van der Waals surface area contributed by atoms with Crippen molar-refractivity contribution in [2.24, 2.45) is 5.41 Å². The van der Waals surface area contributed by atoms with Gasteiger partial charge in [0.2, 0.25) is 0 Å². The summed E-state index contributed by atoms with van der Waals surface area (Å²) in [5.41, 5.74) is 0.861. The van der Waals surface area contributed by atoms with E-state index < -0.39 is 17.1 Å². The van der Waals surface area contributed by atoms with Gasteiger partial charge >= 0.3 is 5.97 Å². The number of esters is 1. The van der Waals surface area contributed by atoms with Crippen LogP contribution in [0, 0.1) is 5.41 Å². The van der Waals surface area contributed by atoms with Crippen LogP contribution in [0.2, 0.25) is 0 Å². The summed E-state index contributed by atoms with van der Waals surface area (Å²) in [5.74, 6) is 1.12. The Morgan fingerprint density at radius 2 is 1.29 bits per heavy atom. The average Bonchev–Trinajstić information content (AvgIpc) is 3.01. The van der Waals surface area contributed by atoms with Crippen LogP contribution in [-0.2, 0) is 43.6 Å². The minimum atomic E-state index is -1.22. The molecule has 0 unspecified atom stereocenters. The largest absolute Gasteiger partial charge is 0.497 e. The van der Waals surface area contributed by atoms with Crippen LogP contribution in [0.4, 0.5) is 0 Å². The molecule has 2 atom stereocenters. The number of methoxy groups -OCH3 is 2. The minimum absolute atomic E-state index is 0.0521. The van der Waals surface area contributed by atoms with Crippen LogP contribution < -0.4 is 9.47 Å². The molecular formula is C34H44O8. The van der Waals surface area contributed by atoms with Gasteiger partial charge in [0, 0.05) is 6.61 Å². The lowest BCUT2D eigenvalue weighted by atomic mass is 9.94. The van der Waals surface area contributed by atoms with Crippen LogP contribution in [0.5, 0.6) is 11.5 Å². The van der Waals surface area contributed by atoms with Gasteiger partial charge in [-0.2, -0.15) is 0 Å². The van der Waals surface area contributed by atoms with E-state index in [-0.39, 0.29) is 52.0 Å². The first-order valence-electron chi connectivity index (χ1n) is 14.1. The fourth-order valence-corrected chi connectivity index (χ4v) is 4.21. The zero-order valence-corrected chi connectivity index (χ0v) is 25.3. The highest BCUT2D eigenvalue weighted by Crippen LogP contribution is 2.29. The number of ether oxygens (including phenoxy) is 6. The van der Waals surface area contributed by atoms with Gasteiger partial charge in [-0.05, 0) is 68.1 Å². The van der Waals surface area contributed by atoms with Gasteiger partial charge in [-0.1, -0.05) is 54.6 Å². The maximum absolute atomic E-state index is 12.9. The molecule has 0 spiro atoms.